The van der Waals surface area contributed by atoms with Crippen LogP contribution in [0.1, 0.15) is 6.92 Å². The van der Waals surface area contributed by atoms with E-state index in [9.17, 15) is 4.79 Å². The van der Waals surface area contributed by atoms with Crippen LogP contribution in [-0.4, -0.2) is 27.5 Å². The molecule has 0 saturated heterocycles. The second-order valence-corrected chi connectivity index (χ2v) is 7.65. The Labute approximate surface area is 68.8 Å². The van der Waals surface area contributed by atoms with Crippen molar-refractivity contribution in [2.45, 2.75) is 26.6 Å². The van der Waals surface area contributed by atoms with E-state index in [0.717, 1.165) is 0 Å². The van der Waals surface area contributed by atoms with Gasteiger partial charge in [-0.1, -0.05) is 0 Å². The maximum atomic E-state index is 10.9. The summed E-state index contributed by atoms with van der Waals surface area (Å²) in [5.74, 6) is -0.244. The number of carbonyl (C=O) groups is 1. The van der Waals surface area contributed by atoms with Crippen LogP contribution in [0.15, 0.2) is 0 Å². The molecule has 0 spiro atoms. The lowest BCUT2D eigenvalue weighted by molar-refractivity contribution is -0.140. The lowest BCUT2D eigenvalue weighted by Crippen LogP contribution is -2.31. The van der Waals surface area contributed by atoms with Crippen molar-refractivity contribution in [1.82, 2.24) is 0 Å². The van der Waals surface area contributed by atoms with Gasteiger partial charge >= 0.3 is 5.97 Å². The molecule has 0 saturated carbocycles. The lowest BCUT2D eigenvalue weighted by atomic mass is 10.7. The van der Waals surface area contributed by atoms with Gasteiger partial charge in [0.1, 0.15) is 6.61 Å². The second kappa shape index (κ2) is 4.51. The fourth-order valence-electron chi connectivity index (χ4n) is 0.556. The van der Waals surface area contributed by atoms with Crippen molar-refractivity contribution in [1.29, 1.82) is 0 Å². The molecule has 3 nitrogen and oxygen atoms in total. The Kier molecular flexibility index (Phi) is 4.36. The molecule has 0 fully saturated rings. The molecule has 0 aliphatic carbocycles. The molecule has 0 unspecified atom stereocenters. The first kappa shape index (κ1) is 10.6. The van der Waals surface area contributed by atoms with E-state index in [1.165, 1.54) is 0 Å². The molecule has 66 valence electrons. The average molecular weight is 176 g/mol. The minimum Gasteiger partial charge on any atom is -0.518 e. The van der Waals surface area contributed by atoms with Crippen LogP contribution in [-0.2, 0) is 14.0 Å². The molecule has 0 aliphatic rings. The highest BCUT2D eigenvalue weighted by Crippen LogP contribution is 2.02. The molecule has 0 heterocycles. The van der Waals surface area contributed by atoms with Gasteiger partial charge < -0.3 is 9.16 Å². The Morgan fingerprint density at radius 2 is 1.91 bits per heavy atom. The summed E-state index contributed by atoms with van der Waals surface area (Å²) in [6.07, 6.45) is 0. The molecule has 0 aromatic carbocycles. The normalized spacial score (nSPS) is 11.3. The number of hydrogen-bond donors (Lipinski definition) is 0. The molecule has 0 amide bonds. The van der Waals surface area contributed by atoms with Gasteiger partial charge in [0.25, 0.3) is 0 Å². The Hall–Kier alpha value is -0.353. The van der Waals surface area contributed by atoms with Crippen molar-refractivity contribution in [2.24, 2.45) is 0 Å². The minimum atomic E-state index is -1.70. The molecule has 0 bridgehead atoms. The summed E-state index contributed by atoms with van der Waals surface area (Å²) in [6.45, 7) is 8.40. The van der Waals surface area contributed by atoms with E-state index >= 15 is 0 Å². The summed E-state index contributed by atoms with van der Waals surface area (Å²) < 4.78 is 10.0. The van der Waals surface area contributed by atoms with E-state index in [4.69, 9.17) is 9.16 Å². The van der Waals surface area contributed by atoms with Crippen LogP contribution in [0.25, 0.3) is 0 Å². The third-order valence-corrected chi connectivity index (χ3v) is 1.68. The zero-order valence-corrected chi connectivity index (χ0v) is 8.64. The fraction of sp³-hybridized carbons (Fsp3) is 0.857. The van der Waals surface area contributed by atoms with Gasteiger partial charge in [-0.25, -0.2) is 0 Å². The smallest absolute Gasteiger partial charge is 0.318 e. The molecular formula is C7H16O3Si. The second-order valence-electron chi connectivity index (χ2n) is 3.22. The zero-order valence-electron chi connectivity index (χ0n) is 7.64. The van der Waals surface area contributed by atoms with Crippen molar-refractivity contribution in [2.75, 3.05) is 13.2 Å². The largest absolute Gasteiger partial charge is 0.518 e. The predicted molar refractivity (Wildman–Crippen MR) is 45.9 cm³/mol. The molecule has 11 heavy (non-hydrogen) atoms. The van der Waals surface area contributed by atoms with E-state index < -0.39 is 8.32 Å². The van der Waals surface area contributed by atoms with Crippen molar-refractivity contribution in [3.63, 3.8) is 0 Å². The van der Waals surface area contributed by atoms with Gasteiger partial charge in [0.05, 0.1) is 0 Å². The van der Waals surface area contributed by atoms with Gasteiger partial charge in [-0.15, -0.1) is 0 Å². The fourth-order valence-corrected chi connectivity index (χ4v) is 1.30. The highest BCUT2D eigenvalue weighted by molar-refractivity contribution is 6.71. The Bertz CT molecular complexity index is 128. The maximum absolute atomic E-state index is 10.9. The molecule has 0 aromatic rings. The standard InChI is InChI=1S/C7H16O3Si/c1-5-9-6-7(8)10-11(2,3)4/h5-6H2,1-4H3. The lowest BCUT2D eigenvalue weighted by Gasteiger charge is -2.16. The van der Waals surface area contributed by atoms with Crippen molar-refractivity contribution >= 4 is 14.3 Å². The van der Waals surface area contributed by atoms with Crippen molar-refractivity contribution in [3.8, 4) is 0 Å². The van der Waals surface area contributed by atoms with Crippen LogP contribution in [0.2, 0.25) is 19.6 Å². The summed E-state index contributed by atoms with van der Waals surface area (Å²) in [7, 11) is -1.70. The first-order valence-corrected chi connectivity index (χ1v) is 7.16. The van der Waals surface area contributed by atoms with E-state index in [1.54, 1.807) is 0 Å². The van der Waals surface area contributed by atoms with Gasteiger partial charge in [-0.3, -0.25) is 4.79 Å². The van der Waals surface area contributed by atoms with E-state index in [-0.39, 0.29) is 12.6 Å². The van der Waals surface area contributed by atoms with Crippen molar-refractivity contribution in [3.05, 3.63) is 0 Å². The summed E-state index contributed by atoms with van der Waals surface area (Å²) in [5, 5.41) is 0. The van der Waals surface area contributed by atoms with Gasteiger partial charge in [0, 0.05) is 6.61 Å². The summed E-state index contributed by atoms with van der Waals surface area (Å²) >= 11 is 0. The Morgan fingerprint density at radius 1 is 1.36 bits per heavy atom. The van der Waals surface area contributed by atoms with E-state index in [2.05, 4.69) is 0 Å². The highest BCUT2D eigenvalue weighted by Gasteiger charge is 2.19. The third-order valence-electron chi connectivity index (χ3n) is 0.844. The van der Waals surface area contributed by atoms with E-state index in [0.29, 0.717) is 6.61 Å². The molecule has 0 radical (unpaired) electrons. The molecule has 0 rings (SSSR count). The quantitative estimate of drug-likeness (QED) is 0.607. The molecule has 0 N–H and O–H groups in total. The first-order chi connectivity index (χ1) is 4.95. The first-order valence-electron chi connectivity index (χ1n) is 3.75. The summed E-state index contributed by atoms with van der Waals surface area (Å²) in [5.41, 5.74) is 0. The Balaban J connectivity index is 3.53. The molecular weight excluding hydrogens is 160 g/mol. The average Bonchev–Trinajstić information content (AvgIpc) is 1.79. The van der Waals surface area contributed by atoms with Gasteiger partial charge in [-0.05, 0) is 26.6 Å². The highest BCUT2D eigenvalue weighted by atomic mass is 28.4. The predicted octanol–water partition coefficient (Wildman–Crippen LogP) is 1.40. The number of carbonyl (C=O) groups excluding carboxylic acids is 1. The van der Waals surface area contributed by atoms with Crippen LogP contribution in [0.5, 0.6) is 0 Å². The molecule has 0 aromatic heterocycles. The monoisotopic (exact) mass is 176 g/mol. The SMILES string of the molecule is CCOCC(=O)O[Si](C)(C)C. The molecule has 0 atom stereocenters. The topological polar surface area (TPSA) is 35.5 Å². The van der Waals surface area contributed by atoms with Crippen LogP contribution < -0.4 is 0 Å². The zero-order chi connectivity index (χ0) is 8.91. The van der Waals surface area contributed by atoms with Gasteiger partial charge in [0.15, 0.2) is 0 Å². The van der Waals surface area contributed by atoms with Crippen LogP contribution in [0.3, 0.4) is 0 Å². The number of rotatable bonds is 4. The van der Waals surface area contributed by atoms with Gasteiger partial charge in [-0.2, -0.15) is 0 Å². The maximum Gasteiger partial charge on any atom is 0.318 e. The van der Waals surface area contributed by atoms with Crippen LogP contribution in [0, 0.1) is 0 Å². The number of ether oxygens (including phenoxy) is 1. The molecule has 4 heteroatoms. The Morgan fingerprint density at radius 3 is 2.27 bits per heavy atom. The van der Waals surface area contributed by atoms with Crippen LogP contribution >= 0.6 is 0 Å². The molecule has 0 aliphatic heterocycles. The minimum absolute atomic E-state index is 0.0841. The summed E-state index contributed by atoms with van der Waals surface area (Å²) in [6, 6.07) is 0. The van der Waals surface area contributed by atoms with Crippen LogP contribution in [0.4, 0.5) is 0 Å². The third kappa shape index (κ3) is 7.54. The van der Waals surface area contributed by atoms with E-state index in [1.807, 2.05) is 26.6 Å². The summed E-state index contributed by atoms with van der Waals surface area (Å²) in [4.78, 5) is 10.9. The van der Waals surface area contributed by atoms with Crippen molar-refractivity contribution < 1.29 is 14.0 Å². The van der Waals surface area contributed by atoms with Gasteiger partial charge in [0.2, 0.25) is 8.32 Å². The number of hydrogen-bond acceptors (Lipinski definition) is 3.